The van der Waals surface area contributed by atoms with Crippen molar-refractivity contribution < 1.29 is 14.7 Å². The summed E-state index contributed by atoms with van der Waals surface area (Å²) in [4.78, 5) is 26.3. The number of thiophene rings is 1. The molecule has 110 valence electrons. The van der Waals surface area contributed by atoms with Crippen LogP contribution in [0.3, 0.4) is 0 Å². The highest BCUT2D eigenvalue weighted by Gasteiger charge is 2.22. The number of aliphatic hydroxyl groups is 1. The zero-order valence-corrected chi connectivity index (χ0v) is 12.8. The molecule has 0 spiro atoms. The topological polar surface area (TPSA) is 57.6 Å². The fraction of sp³-hybridized carbons (Fsp3) is 0.571. The molecule has 1 aliphatic rings. The lowest BCUT2D eigenvalue weighted by Crippen LogP contribution is -2.39. The first-order valence-electron chi connectivity index (χ1n) is 6.77. The highest BCUT2D eigenvalue weighted by atomic mass is 35.5. The third-order valence-corrected chi connectivity index (χ3v) is 4.91. The molecule has 0 saturated carbocycles. The van der Waals surface area contributed by atoms with Gasteiger partial charge < -0.3 is 10.0 Å². The van der Waals surface area contributed by atoms with Gasteiger partial charge in [0.1, 0.15) is 0 Å². The maximum Gasteiger partial charge on any atom is 0.223 e. The zero-order valence-electron chi connectivity index (χ0n) is 11.2. The molecule has 1 aromatic heterocycles. The third kappa shape index (κ3) is 4.04. The van der Waals surface area contributed by atoms with Crippen molar-refractivity contribution in [2.24, 2.45) is 5.92 Å². The maximum atomic E-state index is 12.0. The van der Waals surface area contributed by atoms with Gasteiger partial charge in [0.25, 0.3) is 0 Å². The summed E-state index contributed by atoms with van der Waals surface area (Å²) in [7, 11) is 0. The SMILES string of the molecule is O=C(CCC(=O)N1CCC(CO)CC1)c1ccc(Cl)s1. The van der Waals surface area contributed by atoms with Crippen molar-refractivity contribution in [3.05, 3.63) is 21.3 Å². The molecular weight excluding hydrogens is 298 g/mol. The van der Waals surface area contributed by atoms with Gasteiger partial charge in [0.2, 0.25) is 5.91 Å². The molecule has 0 unspecified atom stereocenters. The van der Waals surface area contributed by atoms with E-state index < -0.39 is 0 Å². The summed E-state index contributed by atoms with van der Waals surface area (Å²) in [5.41, 5.74) is 0. The molecule has 2 rings (SSSR count). The number of Topliss-reactive ketones (excluding diaryl/α,β-unsaturated/α-hetero) is 1. The molecule has 1 aromatic rings. The fourth-order valence-corrected chi connectivity index (χ4v) is 3.34. The molecule has 0 aliphatic carbocycles. The van der Waals surface area contributed by atoms with Crippen LogP contribution in [0, 0.1) is 5.92 Å². The Hall–Kier alpha value is -0.910. The lowest BCUT2D eigenvalue weighted by molar-refractivity contribution is -0.132. The van der Waals surface area contributed by atoms with Crippen LogP contribution in [0.4, 0.5) is 0 Å². The van der Waals surface area contributed by atoms with E-state index in [9.17, 15) is 9.59 Å². The maximum absolute atomic E-state index is 12.0. The van der Waals surface area contributed by atoms with E-state index in [1.807, 2.05) is 0 Å². The van der Waals surface area contributed by atoms with Crippen LogP contribution in [0.5, 0.6) is 0 Å². The number of amides is 1. The summed E-state index contributed by atoms with van der Waals surface area (Å²) in [5.74, 6) is 0.312. The van der Waals surface area contributed by atoms with Gasteiger partial charge in [-0.3, -0.25) is 9.59 Å². The van der Waals surface area contributed by atoms with E-state index in [4.69, 9.17) is 16.7 Å². The minimum atomic E-state index is -0.0273. The van der Waals surface area contributed by atoms with E-state index in [0.29, 0.717) is 28.2 Å². The summed E-state index contributed by atoms with van der Waals surface area (Å²) in [6.45, 7) is 1.56. The van der Waals surface area contributed by atoms with E-state index in [0.717, 1.165) is 12.8 Å². The van der Waals surface area contributed by atoms with Crippen LogP contribution in [-0.2, 0) is 4.79 Å². The average Bonchev–Trinajstić information content (AvgIpc) is 2.91. The monoisotopic (exact) mass is 315 g/mol. The van der Waals surface area contributed by atoms with Crippen molar-refractivity contribution in [3.63, 3.8) is 0 Å². The van der Waals surface area contributed by atoms with Crippen LogP contribution in [0.2, 0.25) is 4.34 Å². The summed E-state index contributed by atoms with van der Waals surface area (Å²) >= 11 is 7.04. The Balaban J connectivity index is 1.76. The third-order valence-electron chi connectivity index (χ3n) is 3.64. The number of aliphatic hydroxyl groups excluding tert-OH is 1. The van der Waals surface area contributed by atoms with Gasteiger partial charge in [-0.15, -0.1) is 11.3 Å². The number of nitrogens with zero attached hydrogens (tertiary/aromatic N) is 1. The second-order valence-electron chi connectivity index (χ2n) is 5.03. The quantitative estimate of drug-likeness (QED) is 0.850. The molecule has 0 bridgehead atoms. The van der Waals surface area contributed by atoms with Crippen molar-refractivity contribution in [1.29, 1.82) is 0 Å². The fourth-order valence-electron chi connectivity index (χ4n) is 2.33. The number of carbonyl (C=O) groups is 2. The van der Waals surface area contributed by atoms with Gasteiger partial charge in [0, 0.05) is 32.5 Å². The number of carbonyl (C=O) groups excluding carboxylic acids is 2. The standard InChI is InChI=1S/C14H18ClNO3S/c15-13-3-2-12(20-13)11(18)1-4-14(19)16-7-5-10(9-17)6-8-16/h2-3,10,17H,1,4-9H2. The second-order valence-corrected chi connectivity index (χ2v) is 6.75. The number of likely N-dealkylation sites (tertiary alicyclic amines) is 1. The van der Waals surface area contributed by atoms with Crippen molar-refractivity contribution >= 4 is 34.6 Å². The van der Waals surface area contributed by atoms with Gasteiger partial charge >= 0.3 is 0 Å². The van der Waals surface area contributed by atoms with Gasteiger partial charge in [-0.1, -0.05) is 11.6 Å². The normalized spacial score (nSPS) is 16.4. The molecule has 1 aliphatic heterocycles. The Morgan fingerprint density at radius 3 is 2.55 bits per heavy atom. The molecule has 1 N–H and O–H groups in total. The Labute approximate surface area is 127 Å². The molecule has 1 fully saturated rings. The number of piperidine rings is 1. The van der Waals surface area contributed by atoms with Gasteiger partial charge in [-0.2, -0.15) is 0 Å². The van der Waals surface area contributed by atoms with Crippen LogP contribution < -0.4 is 0 Å². The van der Waals surface area contributed by atoms with Crippen LogP contribution >= 0.6 is 22.9 Å². The number of hydrogen-bond acceptors (Lipinski definition) is 4. The molecule has 0 atom stereocenters. The van der Waals surface area contributed by atoms with Crippen molar-refractivity contribution in [2.45, 2.75) is 25.7 Å². The van der Waals surface area contributed by atoms with Crippen molar-refractivity contribution in [1.82, 2.24) is 4.90 Å². The van der Waals surface area contributed by atoms with E-state index in [-0.39, 0.29) is 31.1 Å². The second kappa shape index (κ2) is 7.20. The van der Waals surface area contributed by atoms with Crippen LogP contribution in [-0.4, -0.2) is 41.4 Å². The average molecular weight is 316 g/mol. The highest BCUT2D eigenvalue weighted by Crippen LogP contribution is 2.23. The highest BCUT2D eigenvalue weighted by molar-refractivity contribution is 7.18. The summed E-state index contributed by atoms with van der Waals surface area (Å²) in [6.07, 6.45) is 2.17. The summed E-state index contributed by atoms with van der Waals surface area (Å²) < 4.78 is 0.589. The van der Waals surface area contributed by atoms with Gasteiger partial charge in [-0.05, 0) is 30.9 Å². The molecule has 20 heavy (non-hydrogen) atoms. The number of hydrogen-bond donors (Lipinski definition) is 1. The molecule has 2 heterocycles. The molecule has 0 aromatic carbocycles. The van der Waals surface area contributed by atoms with E-state index >= 15 is 0 Å². The van der Waals surface area contributed by atoms with E-state index in [1.165, 1.54) is 11.3 Å². The minimum absolute atomic E-state index is 0.0254. The summed E-state index contributed by atoms with van der Waals surface area (Å²) in [5, 5.41) is 9.06. The molecule has 6 heteroatoms. The van der Waals surface area contributed by atoms with Crippen LogP contribution in [0.1, 0.15) is 35.4 Å². The first-order valence-corrected chi connectivity index (χ1v) is 7.96. The molecular formula is C14H18ClNO3S. The zero-order chi connectivity index (χ0) is 14.5. The van der Waals surface area contributed by atoms with Crippen LogP contribution in [0.25, 0.3) is 0 Å². The summed E-state index contributed by atoms with van der Waals surface area (Å²) in [6, 6.07) is 3.40. The predicted molar refractivity (Wildman–Crippen MR) is 79.3 cm³/mol. The predicted octanol–water partition coefficient (Wildman–Crippen LogP) is 2.60. The largest absolute Gasteiger partial charge is 0.396 e. The Morgan fingerprint density at radius 2 is 2.00 bits per heavy atom. The van der Waals surface area contributed by atoms with Gasteiger partial charge in [0.15, 0.2) is 5.78 Å². The molecule has 0 radical (unpaired) electrons. The molecule has 1 amide bonds. The first-order chi connectivity index (χ1) is 9.60. The van der Waals surface area contributed by atoms with E-state index in [1.54, 1.807) is 17.0 Å². The van der Waals surface area contributed by atoms with E-state index in [2.05, 4.69) is 0 Å². The van der Waals surface area contributed by atoms with Crippen molar-refractivity contribution in [2.75, 3.05) is 19.7 Å². The Bertz CT molecular complexity index is 481. The Kier molecular flexibility index (Phi) is 5.57. The minimum Gasteiger partial charge on any atom is -0.396 e. The molecule has 1 saturated heterocycles. The smallest absolute Gasteiger partial charge is 0.223 e. The number of rotatable bonds is 5. The lowest BCUT2D eigenvalue weighted by atomic mass is 9.97. The van der Waals surface area contributed by atoms with Crippen LogP contribution in [0.15, 0.2) is 12.1 Å². The Morgan fingerprint density at radius 1 is 1.30 bits per heavy atom. The van der Waals surface area contributed by atoms with Crippen molar-refractivity contribution in [3.8, 4) is 0 Å². The number of ketones is 1. The van der Waals surface area contributed by atoms with Gasteiger partial charge in [0.05, 0.1) is 9.21 Å². The first kappa shape index (κ1) is 15.5. The lowest BCUT2D eigenvalue weighted by Gasteiger charge is -2.31. The molecule has 4 nitrogen and oxygen atoms in total. The van der Waals surface area contributed by atoms with Gasteiger partial charge in [-0.25, -0.2) is 0 Å². The number of halogens is 1.